The largest absolute Gasteiger partial charge is 0.341 e. The summed E-state index contributed by atoms with van der Waals surface area (Å²) in [6.45, 7) is 4.77. The number of hydrogen-bond donors (Lipinski definition) is 0. The quantitative estimate of drug-likeness (QED) is 0.774. The highest BCUT2D eigenvalue weighted by molar-refractivity contribution is 6.30. The number of carbonyl (C=O) groups is 1. The third-order valence-electron chi connectivity index (χ3n) is 4.53. The number of hydrogen-bond acceptors (Lipinski definition) is 3. The van der Waals surface area contributed by atoms with Gasteiger partial charge in [0.25, 0.3) is 5.91 Å². The number of carbonyl (C=O) groups excluding carboxylic acids is 1. The zero-order chi connectivity index (χ0) is 17.4. The Balaban J connectivity index is 1.81. The maximum absolute atomic E-state index is 13.1. The first-order valence-electron chi connectivity index (χ1n) is 8.44. The van der Waals surface area contributed by atoms with Crippen LogP contribution < -0.4 is 9.91 Å². The van der Waals surface area contributed by atoms with Crippen molar-refractivity contribution in [1.82, 2.24) is 0 Å². The Bertz CT molecular complexity index is 925. The van der Waals surface area contributed by atoms with Gasteiger partial charge in [-0.05, 0) is 43.7 Å². The second kappa shape index (κ2) is 6.06. The number of anilines is 2. The molecule has 25 heavy (non-hydrogen) atoms. The summed E-state index contributed by atoms with van der Waals surface area (Å²) in [5.41, 5.74) is 5.38. The van der Waals surface area contributed by atoms with Crippen molar-refractivity contribution in [2.75, 3.05) is 16.5 Å². The van der Waals surface area contributed by atoms with E-state index in [9.17, 15) is 4.79 Å². The van der Waals surface area contributed by atoms with E-state index < -0.39 is 0 Å². The third-order valence-corrected chi connectivity index (χ3v) is 4.53. The maximum atomic E-state index is 13.1. The number of benzene rings is 2. The molecule has 0 atom stereocenters. The number of rotatable bonds is 2. The fourth-order valence-electron chi connectivity index (χ4n) is 3.37. The van der Waals surface area contributed by atoms with E-state index in [0.717, 1.165) is 34.9 Å². The fraction of sp³-hybridized carbons (Fsp3) is 0.143. The second-order valence-corrected chi connectivity index (χ2v) is 6.03. The van der Waals surface area contributed by atoms with E-state index in [4.69, 9.17) is 0 Å². The predicted molar refractivity (Wildman–Crippen MR) is 103 cm³/mol. The normalized spacial score (nSPS) is 19.3. The molecule has 4 rings (SSSR count). The van der Waals surface area contributed by atoms with Crippen molar-refractivity contribution >= 4 is 29.1 Å². The van der Waals surface area contributed by atoms with Gasteiger partial charge in [-0.15, -0.1) is 0 Å². The fourth-order valence-corrected chi connectivity index (χ4v) is 3.37. The maximum Gasteiger partial charge on any atom is 0.282 e. The van der Waals surface area contributed by atoms with Crippen molar-refractivity contribution in [2.24, 2.45) is 5.10 Å². The van der Waals surface area contributed by atoms with Crippen molar-refractivity contribution in [3.05, 3.63) is 77.5 Å². The SMILES string of the molecule is CCN1/C(=C2/C(=O)N(c3ccccc3)N=C2C)C=Cc2ccccc21. The molecule has 4 heteroatoms. The van der Waals surface area contributed by atoms with Crippen LogP contribution in [0.4, 0.5) is 11.4 Å². The summed E-state index contributed by atoms with van der Waals surface area (Å²) >= 11 is 0. The number of hydrazone groups is 1. The highest BCUT2D eigenvalue weighted by atomic mass is 16.2. The Morgan fingerprint density at radius 1 is 0.960 bits per heavy atom. The van der Waals surface area contributed by atoms with Crippen LogP contribution in [0.3, 0.4) is 0 Å². The van der Waals surface area contributed by atoms with Crippen LogP contribution in [0.15, 0.2) is 77.0 Å². The van der Waals surface area contributed by atoms with Crippen LogP contribution >= 0.6 is 0 Å². The average Bonchev–Trinajstić information content (AvgIpc) is 2.95. The van der Waals surface area contributed by atoms with E-state index in [-0.39, 0.29) is 5.91 Å². The van der Waals surface area contributed by atoms with Gasteiger partial charge in [-0.1, -0.05) is 42.5 Å². The van der Waals surface area contributed by atoms with Crippen molar-refractivity contribution in [3.63, 3.8) is 0 Å². The molecule has 1 amide bonds. The van der Waals surface area contributed by atoms with Crippen molar-refractivity contribution < 1.29 is 4.79 Å². The molecular weight excluding hydrogens is 310 g/mol. The molecule has 4 nitrogen and oxygen atoms in total. The molecule has 0 aliphatic carbocycles. The van der Waals surface area contributed by atoms with Crippen LogP contribution in [-0.4, -0.2) is 18.2 Å². The standard InChI is InChI=1S/C21H19N3O/c1-3-23-18-12-8-7-9-16(18)13-14-19(23)20-15(2)22-24(21(20)25)17-10-5-4-6-11-17/h4-14H,3H2,1-2H3/b20-19+. The highest BCUT2D eigenvalue weighted by Crippen LogP contribution is 2.34. The minimum Gasteiger partial charge on any atom is -0.341 e. The Hall–Kier alpha value is -3.14. The molecule has 0 radical (unpaired) electrons. The molecule has 2 aliphatic rings. The molecule has 0 saturated heterocycles. The highest BCUT2D eigenvalue weighted by Gasteiger charge is 2.33. The second-order valence-electron chi connectivity index (χ2n) is 6.03. The van der Waals surface area contributed by atoms with E-state index in [1.807, 2.05) is 55.5 Å². The molecule has 2 aliphatic heterocycles. The van der Waals surface area contributed by atoms with Crippen LogP contribution in [0.5, 0.6) is 0 Å². The van der Waals surface area contributed by atoms with Gasteiger partial charge < -0.3 is 4.90 Å². The average molecular weight is 329 g/mol. The van der Waals surface area contributed by atoms with Crippen LogP contribution in [0.2, 0.25) is 0 Å². The Morgan fingerprint density at radius 2 is 1.68 bits per heavy atom. The molecule has 0 N–H and O–H groups in total. The topological polar surface area (TPSA) is 35.9 Å². The molecule has 0 bridgehead atoms. The molecule has 0 unspecified atom stereocenters. The smallest absolute Gasteiger partial charge is 0.282 e. The summed E-state index contributed by atoms with van der Waals surface area (Å²) in [7, 11) is 0. The van der Waals surface area contributed by atoms with E-state index in [2.05, 4.69) is 35.1 Å². The van der Waals surface area contributed by atoms with Gasteiger partial charge in [-0.3, -0.25) is 4.79 Å². The van der Waals surface area contributed by atoms with Gasteiger partial charge in [0.1, 0.15) is 0 Å². The Labute approximate surface area is 147 Å². The number of likely N-dealkylation sites (N-methyl/N-ethyl adjacent to an activating group) is 1. The number of allylic oxidation sites excluding steroid dienone is 1. The summed E-state index contributed by atoms with van der Waals surface area (Å²) < 4.78 is 0. The van der Waals surface area contributed by atoms with Gasteiger partial charge in [0.15, 0.2) is 0 Å². The molecule has 2 heterocycles. The van der Waals surface area contributed by atoms with Gasteiger partial charge >= 0.3 is 0 Å². The lowest BCUT2D eigenvalue weighted by Gasteiger charge is -2.30. The number of amides is 1. The molecule has 124 valence electrons. The molecular formula is C21H19N3O. The minimum atomic E-state index is -0.0822. The zero-order valence-corrected chi connectivity index (χ0v) is 14.3. The number of nitrogens with zero attached hydrogens (tertiary/aromatic N) is 3. The summed E-state index contributed by atoms with van der Waals surface area (Å²) in [6.07, 6.45) is 4.09. The molecule has 0 aromatic heterocycles. The van der Waals surface area contributed by atoms with Crippen LogP contribution in [-0.2, 0) is 4.79 Å². The third kappa shape index (κ3) is 2.47. The van der Waals surface area contributed by atoms with Crippen molar-refractivity contribution in [1.29, 1.82) is 0 Å². The van der Waals surface area contributed by atoms with E-state index in [1.165, 1.54) is 5.01 Å². The first-order valence-corrected chi connectivity index (χ1v) is 8.44. The van der Waals surface area contributed by atoms with Gasteiger partial charge in [0, 0.05) is 12.2 Å². The molecule has 0 saturated carbocycles. The van der Waals surface area contributed by atoms with Gasteiger partial charge in [0.05, 0.1) is 22.7 Å². The molecule has 2 aromatic carbocycles. The lowest BCUT2D eigenvalue weighted by Crippen LogP contribution is -2.29. The van der Waals surface area contributed by atoms with Crippen LogP contribution in [0.1, 0.15) is 19.4 Å². The zero-order valence-electron chi connectivity index (χ0n) is 14.3. The molecule has 0 spiro atoms. The van der Waals surface area contributed by atoms with Crippen molar-refractivity contribution in [2.45, 2.75) is 13.8 Å². The van der Waals surface area contributed by atoms with E-state index >= 15 is 0 Å². The molecule has 2 aromatic rings. The summed E-state index contributed by atoms with van der Waals surface area (Å²) in [5.74, 6) is -0.0822. The van der Waals surface area contributed by atoms with Gasteiger partial charge in [0.2, 0.25) is 0 Å². The summed E-state index contributed by atoms with van der Waals surface area (Å²) in [6, 6.07) is 17.8. The molecule has 0 fully saturated rings. The van der Waals surface area contributed by atoms with E-state index in [1.54, 1.807) is 0 Å². The Morgan fingerprint density at radius 3 is 2.44 bits per heavy atom. The summed E-state index contributed by atoms with van der Waals surface area (Å²) in [5, 5.41) is 5.99. The van der Waals surface area contributed by atoms with Gasteiger partial charge in [-0.2, -0.15) is 10.1 Å². The van der Waals surface area contributed by atoms with Crippen LogP contribution in [0.25, 0.3) is 6.08 Å². The van der Waals surface area contributed by atoms with E-state index in [0.29, 0.717) is 5.57 Å². The van der Waals surface area contributed by atoms with Crippen LogP contribution in [0, 0.1) is 0 Å². The first-order chi connectivity index (χ1) is 12.2. The minimum absolute atomic E-state index is 0.0822. The summed E-state index contributed by atoms with van der Waals surface area (Å²) in [4.78, 5) is 15.3. The lowest BCUT2D eigenvalue weighted by molar-refractivity contribution is -0.114. The van der Waals surface area contributed by atoms with Gasteiger partial charge in [-0.25, -0.2) is 0 Å². The lowest BCUT2D eigenvalue weighted by atomic mass is 10.0. The predicted octanol–water partition coefficient (Wildman–Crippen LogP) is 4.22. The number of para-hydroxylation sites is 2. The Kier molecular flexibility index (Phi) is 3.73. The number of fused-ring (bicyclic) bond motifs is 1. The van der Waals surface area contributed by atoms with Crippen molar-refractivity contribution in [3.8, 4) is 0 Å². The monoisotopic (exact) mass is 329 g/mol. The first kappa shape index (κ1) is 15.4.